The molecule has 0 spiro atoms. The number of carboxylic acid groups (broad SMARTS) is 1. The van der Waals surface area contributed by atoms with Crippen molar-refractivity contribution >= 4 is 27.8 Å². The van der Waals surface area contributed by atoms with Crippen molar-refractivity contribution in [2.24, 2.45) is 0 Å². The molecule has 1 aromatic rings. The van der Waals surface area contributed by atoms with Crippen LogP contribution in [0, 0.1) is 0 Å². The van der Waals surface area contributed by atoms with Gasteiger partial charge in [-0.1, -0.05) is 24.3 Å². The van der Waals surface area contributed by atoms with E-state index in [1.807, 2.05) is 0 Å². The van der Waals surface area contributed by atoms with E-state index in [0.717, 1.165) is 6.08 Å². The van der Waals surface area contributed by atoms with Crippen molar-refractivity contribution < 1.29 is 27.9 Å². The zero-order chi connectivity index (χ0) is 18.3. The van der Waals surface area contributed by atoms with Crippen LogP contribution in [-0.2, 0) is 29.9 Å². The first-order chi connectivity index (χ1) is 11.9. The molecule has 0 radical (unpaired) electrons. The Morgan fingerprint density at radius 2 is 1.88 bits per heavy atom. The number of hydrogen-bond donors (Lipinski definition) is 1. The van der Waals surface area contributed by atoms with E-state index in [9.17, 15) is 18.0 Å². The van der Waals surface area contributed by atoms with E-state index in [1.165, 1.54) is 6.08 Å². The van der Waals surface area contributed by atoms with Gasteiger partial charge in [-0.25, -0.2) is 13.2 Å². The van der Waals surface area contributed by atoms with Crippen LogP contribution >= 0.6 is 0 Å². The summed E-state index contributed by atoms with van der Waals surface area (Å²) in [6.07, 6.45) is 2.27. The number of rotatable bonds is 7. The van der Waals surface area contributed by atoms with Gasteiger partial charge in [0, 0.05) is 25.6 Å². The molecule has 1 saturated heterocycles. The summed E-state index contributed by atoms with van der Waals surface area (Å²) < 4.78 is 29.9. The predicted octanol–water partition coefficient (Wildman–Crippen LogP) is 0.948. The first-order valence-electron chi connectivity index (χ1n) is 7.92. The van der Waals surface area contributed by atoms with Crippen LogP contribution < -0.4 is 0 Å². The second-order valence-corrected chi connectivity index (χ2v) is 7.89. The third-order valence-corrected chi connectivity index (χ3v) is 5.40. The molecule has 1 fully saturated rings. The Balaban J connectivity index is 1.99. The third kappa shape index (κ3) is 6.32. The third-order valence-electron chi connectivity index (χ3n) is 3.83. The van der Waals surface area contributed by atoms with Crippen molar-refractivity contribution in [1.82, 2.24) is 4.90 Å². The highest BCUT2D eigenvalue weighted by Crippen LogP contribution is 2.15. The number of aliphatic carboxylic acids is 1. The van der Waals surface area contributed by atoms with Gasteiger partial charge in [0.05, 0.1) is 24.7 Å². The summed E-state index contributed by atoms with van der Waals surface area (Å²) >= 11 is 0. The molecule has 1 aliphatic heterocycles. The molecule has 8 heteroatoms. The van der Waals surface area contributed by atoms with Crippen molar-refractivity contribution in [2.75, 3.05) is 32.1 Å². The largest absolute Gasteiger partial charge is 0.478 e. The van der Waals surface area contributed by atoms with Gasteiger partial charge in [-0.05, 0) is 17.2 Å². The van der Waals surface area contributed by atoms with Crippen molar-refractivity contribution in [2.45, 2.75) is 12.2 Å². The lowest BCUT2D eigenvalue weighted by Gasteiger charge is -2.26. The van der Waals surface area contributed by atoms with Gasteiger partial charge in [-0.3, -0.25) is 4.79 Å². The highest BCUT2D eigenvalue weighted by atomic mass is 32.2. The van der Waals surface area contributed by atoms with Gasteiger partial charge >= 0.3 is 5.97 Å². The average Bonchev–Trinajstić information content (AvgIpc) is 2.59. The fourth-order valence-electron chi connectivity index (χ4n) is 2.51. The molecule has 1 amide bonds. The van der Waals surface area contributed by atoms with Crippen molar-refractivity contribution in [3.05, 3.63) is 41.5 Å². The van der Waals surface area contributed by atoms with E-state index in [0.29, 0.717) is 37.4 Å². The number of morpholine rings is 1. The quantitative estimate of drug-likeness (QED) is 0.720. The summed E-state index contributed by atoms with van der Waals surface area (Å²) in [5, 5.41) is 8.71. The number of hydrogen-bond acceptors (Lipinski definition) is 5. The molecule has 1 aromatic carbocycles. The lowest BCUT2D eigenvalue weighted by Crippen LogP contribution is -2.41. The summed E-state index contributed by atoms with van der Waals surface area (Å²) in [6.45, 7) is 1.92. The minimum absolute atomic E-state index is 0.0601. The molecule has 1 N–H and O–H groups in total. The lowest BCUT2D eigenvalue weighted by atomic mass is 10.1. The topological polar surface area (TPSA) is 101 Å². The molecule has 1 heterocycles. The Kier molecular flexibility index (Phi) is 6.72. The van der Waals surface area contributed by atoms with Crippen molar-refractivity contribution in [3.63, 3.8) is 0 Å². The summed E-state index contributed by atoms with van der Waals surface area (Å²) in [7, 11) is -3.49. The van der Waals surface area contributed by atoms with Crippen LogP contribution in [0.1, 0.15) is 17.5 Å². The molecule has 0 aliphatic carbocycles. The summed E-state index contributed by atoms with van der Waals surface area (Å²) in [4.78, 5) is 24.3. The Bertz CT molecular complexity index is 750. The number of amides is 1. The van der Waals surface area contributed by atoms with Gasteiger partial charge in [0.15, 0.2) is 9.84 Å². The van der Waals surface area contributed by atoms with E-state index in [-0.39, 0.29) is 23.8 Å². The highest BCUT2D eigenvalue weighted by Gasteiger charge is 2.20. The summed E-state index contributed by atoms with van der Waals surface area (Å²) in [5.41, 5.74) is 1.05. The number of carbonyl (C=O) groups is 2. The second-order valence-electron chi connectivity index (χ2n) is 5.71. The van der Waals surface area contributed by atoms with Crippen LogP contribution in [0.3, 0.4) is 0 Å². The predicted molar refractivity (Wildman–Crippen MR) is 92.6 cm³/mol. The summed E-state index contributed by atoms with van der Waals surface area (Å²) in [6, 6.07) is 6.70. The van der Waals surface area contributed by atoms with Crippen LogP contribution in [0.4, 0.5) is 0 Å². The van der Waals surface area contributed by atoms with E-state index in [4.69, 9.17) is 9.84 Å². The van der Waals surface area contributed by atoms with E-state index >= 15 is 0 Å². The number of carboxylic acids is 1. The Hall–Kier alpha value is -2.19. The molecule has 0 unspecified atom stereocenters. The van der Waals surface area contributed by atoms with Gasteiger partial charge in [0.1, 0.15) is 0 Å². The molecule has 136 valence electrons. The van der Waals surface area contributed by atoms with Crippen LogP contribution in [0.5, 0.6) is 0 Å². The molecule has 0 atom stereocenters. The van der Waals surface area contributed by atoms with Crippen molar-refractivity contribution in [1.29, 1.82) is 0 Å². The average molecular weight is 367 g/mol. The first-order valence-corrected chi connectivity index (χ1v) is 9.74. The minimum Gasteiger partial charge on any atom is -0.478 e. The van der Waals surface area contributed by atoms with Gasteiger partial charge in [0.2, 0.25) is 5.91 Å². The van der Waals surface area contributed by atoms with Gasteiger partial charge in [0.25, 0.3) is 0 Å². The smallest absolute Gasteiger partial charge is 0.328 e. The minimum atomic E-state index is -3.49. The maximum atomic E-state index is 12.3. The molecular formula is C17H21NO6S. The number of nitrogens with zero attached hydrogens (tertiary/aromatic N) is 1. The fraction of sp³-hybridized carbons (Fsp3) is 0.412. The zero-order valence-corrected chi connectivity index (χ0v) is 14.6. The van der Waals surface area contributed by atoms with Crippen LogP contribution in [0.25, 0.3) is 6.08 Å². The van der Waals surface area contributed by atoms with Crippen LogP contribution in [-0.4, -0.2) is 62.4 Å². The number of carbonyl (C=O) groups excluding carboxylic acids is 1. The first kappa shape index (κ1) is 19.1. The fourth-order valence-corrected chi connectivity index (χ4v) is 3.88. The normalized spacial score (nSPS) is 15.4. The van der Waals surface area contributed by atoms with Crippen molar-refractivity contribution in [3.8, 4) is 0 Å². The van der Waals surface area contributed by atoms with E-state index < -0.39 is 15.8 Å². The number of ether oxygens (including phenoxy) is 1. The maximum absolute atomic E-state index is 12.3. The Morgan fingerprint density at radius 3 is 2.56 bits per heavy atom. The SMILES string of the molecule is O=C(O)/C=C/c1ccccc1CS(=O)(=O)CCC(=O)N1CCOCC1. The molecule has 2 rings (SSSR count). The maximum Gasteiger partial charge on any atom is 0.328 e. The van der Waals surface area contributed by atoms with Crippen LogP contribution in [0.15, 0.2) is 30.3 Å². The molecule has 0 bridgehead atoms. The molecular weight excluding hydrogens is 346 g/mol. The molecule has 0 saturated carbocycles. The Morgan fingerprint density at radius 1 is 1.20 bits per heavy atom. The van der Waals surface area contributed by atoms with Gasteiger partial charge < -0.3 is 14.7 Å². The molecule has 1 aliphatic rings. The van der Waals surface area contributed by atoms with E-state index in [2.05, 4.69) is 0 Å². The zero-order valence-electron chi connectivity index (χ0n) is 13.8. The van der Waals surface area contributed by atoms with Crippen LogP contribution in [0.2, 0.25) is 0 Å². The monoisotopic (exact) mass is 367 g/mol. The van der Waals surface area contributed by atoms with E-state index in [1.54, 1.807) is 29.2 Å². The second kappa shape index (κ2) is 8.77. The van der Waals surface area contributed by atoms with Gasteiger partial charge in [-0.15, -0.1) is 0 Å². The molecule has 7 nitrogen and oxygen atoms in total. The van der Waals surface area contributed by atoms with Gasteiger partial charge in [-0.2, -0.15) is 0 Å². The summed E-state index contributed by atoms with van der Waals surface area (Å²) in [5.74, 6) is -1.76. The molecule has 25 heavy (non-hydrogen) atoms. The highest BCUT2D eigenvalue weighted by molar-refractivity contribution is 7.90. The molecule has 0 aromatic heterocycles. The standard InChI is InChI=1S/C17H21NO6S/c19-16(18-8-10-24-11-9-18)7-12-25(22,23)13-15-4-2-1-3-14(15)5-6-17(20)21/h1-6H,7-13H2,(H,20,21)/b6-5+. The lowest BCUT2D eigenvalue weighted by molar-refractivity contribution is -0.135. The Labute approximate surface area is 146 Å². The number of sulfone groups is 1. The number of benzene rings is 1.